The fraction of sp³-hybridized carbons (Fsp3) is 0. The second-order valence-corrected chi connectivity index (χ2v) is 26.7. The van der Waals surface area contributed by atoms with Gasteiger partial charge in [0, 0.05) is 66.3 Å². The van der Waals surface area contributed by atoms with E-state index in [1.165, 1.54) is 63.8 Å². The van der Waals surface area contributed by atoms with Gasteiger partial charge in [-0.2, -0.15) is 0 Å². The normalized spacial score (nSPS) is 12.0. The van der Waals surface area contributed by atoms with Crippen molar-refractivity contribution >= 4 is 116 Å². The Morgan fingerprint density at radius 3 is 0.607 bits per heavy atom. The van der Waals surface area contributed by atoms with Crippen molar-refractivity contribution in [1.29, 1.82) is 0 Å². The molecule has 0 aliphatic rings. The van der Waals surface area contributed by atoms with Crippen LogP contribution in [0.4, 0.5) is 0 Å². The van der Waals surface area contributed by atoms with Crippen molar-refractivity contribution in [2.45, 2.75) is 0 Å². The van der Waals surface area contributed by atoms with Crippen LogP contribution in [-0.2, 0) is 0 Å². The maximum Gasteiger partial charge on any atom is 0.179 e. The lowest BCUT2D eigenvalue weighted by atomic mass is 10.2. The van der Waals surface area contributed by atoms with Gasteiger partial charge in [-0.05, 0) is 69.3 Å². The Balaban J connectivity index is 0.825. The maximum absolute atomic E-state index is 5.56. The molecule has 0 spiro atoms. The quantitative estimate of drug-likeness (QED) is 0.101. The monoisotopic (exact) mass is 1150 g/mol. The van der Waals surface area contributed by atoms with E-state index in [0.717, 1.165) is 78.5 Å². The fourth-order valence-corrected chi connectivity index (χ4v) is 19.1. The summed E-state index contributed by atoms with van der Waals surface area (Å²) in [6, 6.07) is 114. The van der Waals surface area contributed by atoms with Gasteiger partial charge in [-0.15, -0.1) is 0 Å². The summed E-state index contributed by atoms with van der Waals surface area (Å²) < 4.78 is 9.19. The average Bonchev–Trinajstić information content (AvgIpc) is 1.53. The summed E-state index contributed by atoms with van der Waals surface area (Å²) in [5, 5.41) is 14.4. The van der Waals surface area contributed by atoms with Crippen LogP contribution in [0.3, 0.4) is 0 Å². The third-order valence-electron chi connectivity index (χ3n) is 18.2. The second kappa shape index (κ2) is 20.2. The topological polar surface area (TPSA) is 71.3 Å². The molecule has 0 saturated carbocycles. The summed E-state index contributed by atoms with van der Waals surface area (Å²) in [5.74, 6) is 4.42. The van der Waals surface area contributed by atoms with Crippen LogP contribution < -0.4 is 20.7 Å². The highest BCUT2D eigenvalue weighted by Crippen LogP contribution is 2.38. The van der Waals surface area contributed by atoms with E-state index in [-0.39, 0.29) is 0 Å². The molecule has 18 aromatic rings. The molecule has 9 heteroatoms. The first-order chi connectivity index (χ1) is 44.2. The van der Waals surface area contributed by atoms with Crippen LogP contribution in [0.1, 0.15) is 0 Å². The first-order valence-corrected chi connectivity index (χ1v) is 32.2. The van der Waals surface area contributed by atoms with Crippen molar-refractivity contribution in [1.82, 2.24) is 38.2 Å². The van der Waals surface area contributed by atoms with E-state index in [2.05, 4.69) is 334 Å². The summed E-state index contributed by atoms with van der Waals surface area (Å²) in [7, 11) is -3.11. The fourth-order valence-electron chi connectivity index (χ4n) is 14.4. The molecule has 0 atom stereocenters. The van der Waals surface area contributed by atoms with E-state index in [9.17, 15) is 0 Å². The smallest absolute Gasteiger partial charge is 0.179 e. The van der Waals surface area contributed by atoms with Gasteiger partial charge in [-0.1, -0.05) is 255 Å². The molecule has 0 N–H and O–H groups in total. The first-order valence-electron chi connectivity index (χ1n) is 30.2. The Kier molecular flexibility index (Phi) is 11.5. The van der Waals surface area contributed by atoms with E-state index < -0.39 is 8.07 Å². The molecule has 12 aromatic carbocycles. The van der Waals surface area contributed by atoms with Gasteiger partial charge in [0.15, 0.2) is 19.7 Å². The van der Waals surface area contributed by atoms with Crippen LogP contribution in [0.25, 0.3) is 133 Å². The van der Waals surface area contributed by atoms with Crippen LogP contribution in [-0.4, -0.2) is 46.3 Å². The molecule has 0 aliphatic heterocycles. The van der Waals surface area contributed by atoms with E-state index >= 15 is 0 Å². The lowest BCUT2D eigenvalue weighted by Gasteiger charge is -2.34. The lowest BCUT2D eigenvalue weighted by molar-refractivity contribution is 0.993. The molecule has 0 fully saturated rings. The summed E-state index contributed by atoms with van der Waals surface area (Å²) in [5.41, 5.74) is 10.5. The van der Waals surface area contributed by atoms with Gasteiger partial charge in [-0.25, -0.2) is 19.9 Å². The summed E-state index contributed by atoms with van der Waals surface area (Å²) in [6.45, 7) is 0. The Bertz CT molecular complexity index is 4970. The molecule has 6 heterocycles. The molecule has 0 aliphatic carbocycles. The van der Waals surface area contributed by atoms with Crippen molar-refractivity contribution in [2.75, 3.05) is 0 Å². The molecule has 89 heavy (non-hydrogen) atoms. The minimum absolute atomic E-state index is 0.632. The van der Waals surface area contributed by atoms with Crippen molar-refractivity contribution in [2.24, 2.45) is 0 Å². The molecule has 0 amide bonds. The molecule has 6 aromatic heterocycles. The minimum Gasteiger partial charge on any atom is -0.294 e. The zero-order valence-corrected chi connectivity index (χ0v) is 49.1. The average molecular weight is 1150 g/mol. The van der Waals surface area contributed by atoms with E-state index in [0.29, 0.717) is 11.6 Å². The second-order valence-electron chi connectivity index (χ2n) is 22.9. The molecule has 0 unspecified atom stereocenters. The van der Waals surface area contributed by atoms with Gasteiger partial charge in [0.1, 0.15) is 23.3 Å². The number of rotatable bonds is 10. The number of para-hydroxylation sites is 8. The Morgan fingerprint density at radius 1 is 0.191 bits per heavy atom. The summed E-state index contributed by atoms with van der Waals surface area (Å²) >= 11 is 0. The van der Waals surface area contributed by atoms with Gasteiger partial charge < -0.3 is 0 Å². The number of fused-ring (bicyclic) bond motifs is 12. The number of hydrogen-bond acceptors (Lipinski definition) is 4. The van der Waals surface area contributed by atoms with Crippen molar-refractivity contribution in [3.05, 3.63) is 315 Å². The largest absolute Gasteiger partial charge is 0.294 e. The van der Waals surface area contributed by atoms with Crippen LogP contribution in [0.15, 0.2) is 315 Å². The molecule has 18 rings (SSSR count). The van der Waals surface area contributed by atoms with Crippen molar-refractivity contribution < 1.29 is 0 Å². The molecule has 0 radical (unpaired) electrons. The third kappa shape index (κ3) is 7.79. The standard InChI is InChI=1S/C80H52N8Si/c1-3-23-55(24-4-1)89(56-25-5-2-6-26-56,57-47-43-53(44-48-57)79-81-75(85-67-35-15-7-27-59(67)60-28-8-16-36-68(60)85)51-76(82-79)86-69-37-17-9-29-61(69)62-30-10-18-38-70(62)86)58-49-45-54(46-50-58)80-83-77(87-71-39-19-11-31-63(71)64-32-12-20-40-72(64)87)52-78(84-80)88-73-41-21-13-33-65(73)66-34-14-22-42-74(66)88/h1-52H. The number of hydrogen-bond donors (Lipinski definition) is 0. The molecular weight excluding hydrogens is 1100 g/mol. The maximum atomic E-state index is 5.56. The lowest BCUT2D eigenvalue weighted by Crippen LogP contribution is -2.74. The number of nitrogens with zero attached hydrogens (tertiary/aromatic N) is 8. The highest BCUT2D eigenvalue weighted by Gasteiger charge is 2.41. The zero-order chi connectivity index (χ0) is 58.6. The molecule has 0 bridgehead atoms. The van der Waals surface area contributed by atoms with Gasteiger partial charge in [0.25, 0.3) is 0 Å². The molecule has 0 saturated heterocycles. The highest BCUT2D eigenvalue weighted by atomic mass is 28.3. The van der Waals surface area contributed by atoms with Crippen LogP contribution in [0, 0.1) is 0 Å². The SMILES string of the molecule is c1ccc([Si](c2ccccc2)(c2ccc(-c3nc(-n4c5ccccc5c5ccccc54)cc(-n4c5ccccc5c5ccccc54)n3)cc2)c2ccc(-c3nc(-n4c5ccccc5c5ccccc54)cc(-n4c5ccccc5c5ccccc54)n3)cc2)cc1. The first kappa shape index (κ1) is 50.5. The Hall–Kier alpha value is -11.8. The highest BCUT2D eigenvalue weighted by molar-refractivity contribution is 7.19. The van der Waals surface area contributed by atoms with Gasteiger partial charge in [0.05, 0.1) is 44.1 Å². The van der Waals surface area contributed by atoms with Crippen LogP contribution in [0.5, 0.6) is 0 Å². The Labute approximate surface area is 512 Å². The third-order valence-corrected chi connectivity index (χ3v) is 23.0. The van der Waals surface area contributed by atoms with Crippen LogP contribution >= 0.6 is 0 Å². The van der Waals surface area contributed by atoms with Crippen molar-refractivity contribution in [3.8, 4) is 46.0 Å². The van der Waals surface area contributed by atoms with E-state index in [1.54, 1.807) is 0 Å². The molecule has 8 nitrogen and oxygen atoms in total. The Morgan fingerprint density at radius 2 is 0.382 bits per heavy atom. The van der Waals surface area contributed by atoms with E-state index in [1.807, 2.05) is 0 Å². The molecular formula is C80H52N8Si. The predicted molar refractivity (Wildman–Crippen MR) is 369 cm³/mol. The van der Waals surface area contributed by atoms with E-state index in [4.69, 9.17) is 19.9 Å². The summed E-state index contributed by atoms with van der Waals surface area (Å²) in [6.07, 6.45) is 0. The van der Waals surface area contributed by atoms with Crippen LogP contribution in [0.2, 0.25) is 0 Å². The van der Waals surface area contributed by atoms with Gasteiger partial charge in [-0.3, -0.25) is 18.3 Å². The van der Waals surface area contributed by atoms with Gasteiger partial charge >= 0.3 is 0 Å². The number of benzene rings is 12. The molecule has 416 valence electrons. The van der Waals surface area contributed by atoms with Crippen molar-refractivity contribution in [3.63, 3.8) is 0 Å². The minimum atomic E-state index is -3.11. The predicted octanol–water partition coefficient (Wildman–Crippen LogP) is 16.4. The number of aromatic nitrogens is 8. The summed E-state index contributed by atoms with van der Waals surface area (Å²) in [4.78, 5) is 22.2. The van der Waals surface area contributed by atoms with Gasteiger partial charge in [0.2, 0.25) is 0 Å². The zero-order valence-electron chi connectivity index (χ0n) is 48.1.